The summed E-state index contributed by atoms with van der Waals surface area (Å²) in [6.45, 7) is 0. The highest BCUT2D eigenvalue weighted by Crippen LogP contribution is 2.32. The molecule has 0 saturated carbocycles. The van der Waals surface area contributed by atoms with Gasteiger partial charge in [-0.25, -0.2) is 9.97 Å². The summed E-state index contributed by atoms with van der Waals surface area (Å²) in [5.74, 6) is 0. The van der Waals surface area contributed by atoms with E-state index in [0.717, 1.165) is 41.6 Å². The second kappa shape index (κ2) is 4.38. The number of rotatable bonds is 1. The molecule has 0 saturated heterocycles. The lowest BCUT2D eigenvalue weighted by molar-refractivity contribution is 0.570. The lowest BCUT2D eigenvalue weighted by Crippen LogP contribution is -2.17. The standard InChI is InChI=1S/C15H15N5/c16-13-3-1-2-9-6-10(4-5-11(9)13)14-12-7-19-20-15(12)18-8-17-14/h4-8,13H,1-3,16H2,(H,17,18,19,20). The Kier molecular flexibility index (Phi) is 2.53. The fourth-order valence-electron chi connectivity index (χ4n) is 2.99. The Labute approximate surface area is 116 Å². The summed E-state index contributed by atoms with van der Waals surface area (Å²) < 4.78 is 0. The van der Waals surface area contributed by atoms with E-state index in [9.17, 15) is 0 Å². The van der Waals surface area contributed by atoms with Gasteiger partial charge in [-0.2, -0.15) is 5.10 Å². The third kappa shape index (κ3) is 1.71. The van der Waals surface area contributed by atoms with Gasteiger partial charge in [-0.3, -0.25) is 5.10 Å². The lowest BCUT2D eigenvalue weighted by Gasteiger charge is -2.22. The minimum Gasteiger partial charge on any atom is -0.324 e. The lowest BCUT2D eigenvalue weighted by atomic mass is 9.86. The average molecular weight is 265 g/mol. The minimum absolute atomic E-state index is 0.173. The van der Waals surface area contributed by atoms with Gasteiger partial charge in [0.05, 0.1) is 17.3 Å². The van der Waals surface area contributed by atoms with Crippen LogP contribution in [-0.2, 0) is 6.42 Å². The summed E-state index contributed by atoms with van der Waals surface area (Å²) in [7, 11) is 0. The number of nitrogens with zero attached hydrogens (tertiary/aromatic N) is 3. The molecule has 0 aliphatic heterocycles. The molecule has 20 heavy (non-hydrogen) atoms. The Morgan fingerprint density at radius 3 is 3.15 bits per heavy atom. The van der Waals surface area contributed by atoms with Crippen LogP contribution in [0.3, 0.4) is 0 Å². The zero-order valence-corrected chi connectivity index (χ0v) is 11.0. The van der Waals surface area contributed by atoms with Crippen molar-refractivity contribution in [2.24, 2.45) is 5.73 Å². The highest BCUT2D eigenvalue weighted by molar-refractivity contribution is 5.89. The molecular formula is C15H15N5. The molecule has 3 aromatic rings. The molecule has 1 aromatic carbocycles. The molecule has 0 bridgehead atoms. The number of benzene rings is 1. The molecular weight excluding hydrogens is 250 g/mol. The van der Waals surface area contributed by atoms with Crippen molar-refractivity contribution in [3.05, 3.63) is 41.9 Å². The molecule has 0 fully saturated rings. The first kappa shape index (κ1) is 11.5. The van der Waals surface area contributed by atoms with Gasteiger partial charge in [0.15, 0.2) is 5.65 Å². The number of nitrogens with one attached hydrogen (secondary N) is 1. The maximum atomic E-state index is 6.17. The van der Waals surface area contributed by atoms with Crippen LogP contribution < -0.4 is 5.73 Å². The monoisotopic (exact) mass is 265 g/mol. The van der Waals surface area contributed by atoms with Crippen molar-refractivity contribution in [2.45, 2.75) is 25.3 Å². The van der Waals surface area contributed by atoms with Gasteiger partial charge in [-0.1, -0.05) is 12.1 Å². The molecule has 5 heteroatoms. The Bertz CT molecular complexity index is 777. The SMILES string of the molecule is NC1CCCc2cc(-c3ncnc4[nH]ncc34)ccc21. The van der Waals surface area contributed by atoms with E-state index in [1.807, 2.05) is 0 Å². The molecule has 1 aliphatic rings. The Morgan fingerprint density at radius 1 is 1.25 bits per heavy atom. The summed E-state index contributed by atoms with van der Waals surface area (Å²) in [5.41, 5.74) is 11.6. The van der Waals surface area contributed by atoms with Crippen molar-refractivity contribution in [1.82, 2.24) is 20.2 Å². The second-order valence-electron chi connectivity index (χ2n) is 5.27. The van der Waals surface area contributed by atoms with Gasteiger partial charge < -0.3 is 5.73 Å². The largest absolute Gasteiger partial charge is 0.324 e. The first-order chi connectivity index (χ1) is 9.83. The third-order valence-corrected chi connectivity index (χ3v) is 4.03. The summed E-state index contributed by atoms with van der Waals surface area (Å²) in [5, 5.41) is 7.87. The number of nitrogens with two attached hydrogens (primary N) is 1. The first-order valence-electron chi connectivity index (χ1n) is 6.86. The maximum Gasteiger partial charge on any atom is 0.159 e. The van der Waals surface area contributed by atoms with E-state index in [1.165, 1.54) is 11.1 Å². The van der Waals surface area contributed by atoms with Crippen LogP contribution in [0.5, 0.6) is 0 Å². The van der Waals surface area contributed by atoms with Crippen LogP contribution in [0.4, 0.5) is 0 Å². The van der Waals surface area contributed by atoms with Gasteiger partial charge in [0.2, 0.25) is 0 Å². The van der Waals surface area contributed by atoms with E-state index in [2.05, 4.69) is 38.4 Å². The summed E-state index contributed by atoms with van der Waals surface area (Å²) in [6.07, 6.45) is 6.67. The molecule has 0 spiro atoms. The fraction of sp³-hybridized carbons (Fsp3) is 0.267. The first-order valence-corrected chi connectivity index (χ1v) is 6.86. The number of aryl methyl sites for hydroxylation is 1. The smallest absolute Gasteiger partial charge is 0.159 e. The highest BCUT2D eigenvalue weighted by atomic mass is 15.1. The van der Waals surface area contributed by atoms with Crippen LogP contribution in [0, 0.1) is 0 Å². The van der Waals surface area contributed by atoms with Crippen molar-refractivity contribution in [3.8, 4) is 11.3 Å². The van der Waals surface area contributed by atoms with E-state index < -0.39 is 0 Å². The molecule has 2 heterocycles. The second-order valence-corrected chi connectivity index (χ2v) is 5.27. The predicted octanol–water partition coefficient (Wildman–Crippen LogP) is 2.36. The van der Waals surface area contributed by atoms with Gasteiger partial charge in [0.1, 0.15) is 6.33 Å². The number of hydrogen-bond acceptors (Lipinski definition) is 4. The summed E-state index contributed by atoms with van der Waals surface area (Å²) in [4.78, 5) is 8.59. The van der Waals surface area contributed by atoms with E-state index >= 15 is 0 Å². The third-order valence-electron chi connectivity index (χ3n) is 4.03. The number of hydrogen-bond donors (Lipinski definition) is 2. The summed E-state index contributed by atoms with van der Waals surface area (Å²) in [6, 6.07) is 6.62. The number of aromatic nitrogens is 4. The van der Waals surface area contributed by atoms with E-state index in [0.29, 0.717) is 0 Å². The van der Waals surface area contributed by atoms with Crippen LogP contribution in [0.1, 0.15) is 30.0 Å². The van der Waals surface area contributed by atoms with E-state index in [1.54, 1.807) is 12.5 Å². The normalized spacial score (nSPS) is 18.1. The molecule has 4 rings (SSSR count). The Balaban J connectivity index is 1.89. The zero-order chi connectivity index (χ0) is 13.5. The van der Waals surface area contributed by atoms with E-state index in [-0.39, 0.29) is 6.04 Å². The maximum absolute atomic E-state index is 6.17. The van der Waals surface area contributed by atoms with Crippen molar-refractivity contribution in [1.29, 1.82) is 0 Å². The van der Waals surface area contributed by atoms with Crippen LogP contribution in [0.15, 0.2) is 30.7 Å². The van der Waals surface area contributed by atoms with Crippen LogP contribution in [-0.4, -0.2) is 20.2 Å². The molecule has 3 N–H and O–H groups in total. The molecule has 100 valence electrons. The van der Waals surface area contributed by atoms with Crippen LogP contribution >= 0.6 is 0 Å². The van der Waals surface area contributed by atoms with Crippen molar-refractivity contribution in [2.75, 3.05) is 0 Å². The molecule has 0 amide bonds. The van der Waals surface area contributed by atoms with Crippen LogP contribution in [0.25, 0.3) is 22.3 Å². The molecule has 1 atom stereocenters. The van der Waals surface area contributed by atoms with Crippen molar-refractivity contribution in [3.63, 3.8) is 0 Å². The zero-order valence-electron chi connectivity index (χ0n) is 11.0. The average Bonchev–Trinajstić information content (AvgIpc) is 2.95. The van der Waals surface area contributed by atoms with Crippen molar-refractivity contribution >= 4 is 11.0 Å². The number of aromatic amines is 1. The summed E-state index contributed by atoms with van der Waals surface area (Å²) >= 11 is 0. The molecule has 1 aliphatic carbocycles. The highest BCUT2D eigenvalue weighted by Gasteiger charge is 2.18. The molecule has 0 radical (unpaired) electrons. The minimum atomic E-state index is 0.173. The van der Waals surface area contributed by atoms with Gasteiger partial charge in [0.25, 0.3) is 0 Å². The number of H-pyrrole nitrogens is 1. The van der Waals surface area contributed by atoms with Crippen LogP contribution in [0.2, 0.25) is 0 Å². The fourth-order valence-corrected chi connectivity index (χ4v) is 2.99. The Hall–Kier alpha value is -2.27. The van der Waals surface area contributed by atoms with Gasteiger partial charge >= 0.3 is 0 Å². The molecule has 1 unspecified atom stereocenters. The number of fused-ring (bicyclic) bond motifs is 2. The topological polar surface area (TPSA) is 80.5 Å². The predicted molar refractivity (Wildman–Crippen MR) is 77.0 cm³/mol. The molecule has 2 aromatic heterocycles. The van der Waals surface area contributed by atoms with Gasteiger partial charge in [-0.15, -0.1) is 0 Å². The van der Waals surface area contributed by atoms with E-state index in [4.69, 9.17) is 5.73 Å². The van der Waals surface area contributed by atoms with Gasteiger partial charge in [0, 0.05) is 11.6 Å². The van der Waals surface area contributed by atoms with Crippen molar-refractivity contribution < 1.29 is 0 Å². The Morgan fingerprint density at radius 2 is 2.20 bits per heavy atom. The van der Waals surface area contributed by atoms with Gasteiger partial charge in [-0.05, 0) is 36.5 Å². The quantitative estimate of drug-likeness (QED) is 0.707. The molecule has 5 nitrogen and oxygen atoms in total.